The Balaban J connectivity index is 1.90. The number of anilines is 1. The molecule has 104 valence electrons. The molecule has 0 radical (unpaired) electrons. The number of hydrogen-bond acceptors (Lipinski definition) is 1. The zero-order valence-corrected chi connectivity index (χ0v) is 12.5. The van der Waals surface area contributed by atoms with Crippen molar-refractivity contribution in [3.05, 3.63) is 29.0 Å². The lowest BCUT2D eigenvalue weighted by Gasteiger charge is -2.43. The van der Waals surface area contributed by atoms with Gasteiger partial charge in [-0.3, -0.25) is 0 Å². The maximum Gasteiger partial charge on any atom is 0.147 e. The Hall–Kier alpha value is -0.760. The number of fused-ring (bicyclic) bond motifs is 2. The van der Waals surface area contributed by atoms with Gasteiger partial charge in [-0.2, -0.15) is 0 Å². The van der Waals surface area contributed by atoms with Crippen molar-refractivity contribution in [1.82, 2.24) is 0 Å². The summed E-state index contributed by atoms with van der Waals surface area (Å²) < 4.78 is 14.0. The average Bonchev–Trinajstić information content (AvgIpc) is 2.78. The zero-order valence-electron chi connectivity index (χ0n) is 11.8. The minimum atomic E-state index is -0.255. The quantitative estimate of drug-likeness (QED) is 0.795. The largest absolute Gasteiger partial charge is 0.379 e. The summed E-state index contributed by atoms with van der Waals surface area (Å²) >= 11 is 5.81. The standard InChI is InChI=1S/C16H21ClFN/c1-15(2)10-6-7-16(3,9-10)14(15)19-13-5-4-11(17)8-12(13)18/h4-5,8,10,14,19H,6-7,9H2,1-3H3/t10-,14?,16+/m0/s1. The lowest BCUT2D eigenvalue weighted by molar-refractivity contribution is 0.155. The lowest BCUT2D eigenvalue weighted by atomic mass is 9.68. The Bertz CT molecular complexity index is 509. The van der Waals surface area contributed by atoms with Gasteiger partial charge in [-0.25, -0.2) is 4.39 Å². The Morgan fingerprint density at radius 1 is 1.32 bits per heavy atom. The summed E-state index contributed by atoms with van der Waals surface area (Å²) in [4.78, 5) is 0. The molecule has 0 heterocycles. The SMILES string of the molecule is CC1(C)C(Nc2ccc(Cl)cc2F)[C@]2(C)CC[C@H]1C2. The number of rotatable bonds is 2. The van der Waals surface area contributed by atoms with Gasteiger partial charge in [-0.1, -0.05) is 32.4 Å². The average molecular weight is 282 g/mol. The van der Waals surface area contributed by atoms with Crippen LogP contribution in [0, 0.1) is 22.6 Å². The highest BCUT2D eigenvalue weighted by molar-refractivity contribution is 6.30. The normalized spacial score (nSPS) is 35.6. The number of benzene rings is 1. The van der Waals surface area contributed by atoms with E-state index in [-0.39, 0.29) is 11.2 Å². The molecule has 1 unspecified atom stereocenters. The molecule has 1 nitrogen and oxygen atoms in total. The fraction of sp³-hybridized carbons (Fsp3) is 0.625. The molecule has 1 N–H and O–H groups in total. The molecule has 0 spiro atoms. The second-order valence-electron chi connectivity index (χ2n) is 7.12. The molecule has 0 amide bonds. The number of nitrogens with one attached hydrogen (secondary N) is 1. The van der Waals surface area contributed by atoms with E-state index in [2.05, 4.69) is 26.1 Å². The minimum Gasteiger partial charge on any atom is -0.379 e. The molecule has 3 rings (SSSR count). The van der Waals surface area contributed by atoms with Gasteiger partial charge in [0.25, 0.3) is 0 Å². The molecule has 3 atom stereocenters. The van der Waals surface area contributed by atoms with Crippen LogP contribution in [0.15, 0.2) is 18.2 Å². The van der Waals surface area contributed by atoms with Gasteiger partial charge in [0.1, 0.15) is 5.82 Å². The molecular weight excluding hydrogens is 261 g/mol. The molecule has 2 saturated carbocycles. The third kappa shape index (κ3) is 1.96. The minimum absolute atomic E-state index is 0.221. The van der Waals surface area contributed by atoms with Crippen LogP contribution in [0.25, 0.3) is 0 Å². The van der Waals surface area contributed by atoms with Crippen molar-refractivity contribution in [3.8, 4) is 0 Å². The van der Waals surface area contributed by atoms with E-state index in [1.807, 2.05) is 0 Å². The Morgan fingerprint density at radius 3 is 2.63 bits per heavy atom. The maximum absolute atomic E-state index is 14.0. The van der Waals surface area contributed by atoms with Crippen LogP contribution in [0.4, 0.5) is 10.1 Å². The van der Waals surface area contributed by atoms with Crippen LogP contribution in [0.1, 0.15) is 40.0 Å². The highest BCUT2D eigenvalue weighted by Gasteiger charge is 2.59. The Kier molecular flexibility index (Phi) is 2.87. The Labute approximate surface area is 119 Å². The van der Waals surface area contributed by atoms with Crippen molar-refractivity contribution < 1.29 is 4.39 Å². The molecule has 3 heteroatoms. The van der Waals surface area contributed by atoms with Crippen LogP contribution in [0.3, 0.4) is 0 Å². The summed E-state index contributed by atoms with van der Waals surface area (Å²) in [5.74, 6) is 0.500. The van der Waals surface area contributed by atoms with Crippen LogP contribution in [0.5, 0.6) is 0 Å². The monoisotopic (exact) mass is 281 g/mol. The summed E-state index contributed by atoms with van der Waals surface area (Å²) in [7, 11) is 0. The van der Waals surface area contributed by atoms with Gasteiger partial charge in [0.05, 0.1) is 5.69 Å². The third-order valence-electron chi connectivity index (χ3n) is 5.50. The van der Waals surface area contributed by atoms with Crippen LogP contribution in [0.2, 0.25) is 5.02 Å². The van der Waals surface area contributed by atoms with Crippen molar-refractivity contribution in [2.45, 2.75) is 46.1 Å². The van der Waals surface area contributed by atoms with Crippen molar-refractivity contribution in [3.63, 3.8) is 0 Å². The first-order valence-electron chi connectivity index (χ1n) is 7.04. The molecule has 1 aromatic rings. The molecule has 2 aliphatic rings. The molecule has 1 aromatic carbocycles. The predicted octanol–water partition coefficient (Wildman–Crippen LogP) is 5.11. The highest BCUT2D eigenvalue weighted by Crippen LogP contribution is 2.63. The molecule has 19 heavy (non-hydrogen) atoms. The maximum atomic E-state index is 14.0. The highest BCUT2D eigenvalue weighted by atomic mass is 35.5. The van der Waals surface area contributed by atoms with E-state index in [1.54, 1.807) is 12.1 Å². The van der Waals surface area contributed by atoms with E-state index in [4.69, 9.17) is 11.6 Å². The summed E-state index contributed by atoms with van der Waals surface area (Å²) in [6, 6.07) is 5.21. The van der Waals surface area contributed by atoms with Crippen molar-refractivity contribution in [1.29, 1.82) is 0 Å². The van der Waals surface area contributed by atoms with Crippen LogP contribution in [-0.2, 0) is 0 Å². The van der Waals surface area contributed by atoms with Crippen molar-refractivity contribution in [2.24, 2.45) is 16.7 Å². The molecule has 0 aromatic heterocycles. The molecule has 2 fully saturated rings. The van der Waals surface area contributed by atoms with Crippen molar-refractivity contribution in [2.75, 3.05) is 5.32 Å². The lowest BCUT2D eigenvalue weighted by Crippen LogP contribution is -2.45. The number of halogens is 2. The molecule has 2 aliphatic carbocycles. The fourth-order valence-electron chi connectivity index (χ4n) is 4.42. The van der Waals surface area contributed by atoms with E-state index in [9.17, 15) is 4.39 Å². The topological polar surface area (TPSA) is 12.0 Å². The van der Waals surface area contributed by atoms with Gasteiger partial charge >= 0.3 is 0 Å². The molecular formula is C16H21ClFN. The first-order valence-corrected chi connectivity index (χ1v) is 7.42. The van der Waals surface area contributed by atoms with E-state index in [0.29, 0.717) is 22.2 Å². The molecule has 2 bridgehead atoms. The first kappa shape index (κ1) is 13.2. The van der Waals surface area contributed by atoms with Gasteiger partial charge in [0, 0.05) is 11.1 Å². The first-order chi connectivity index (χ1) is 8.83. The number of hydrogen-bond donors (Lipinski definition) is 1. The predicted molar refractivity (Wildman–Crippen MR) is 78.0 cm³/mol. The van der Waals surface area contributed by atoms with Gasteiger partial charge < -0.3 is 5.32 Å². The zero-order chi connectivity index (χ0) is 13.8. The van der Waals surface area contributed by atoms with Crippen LogP contribution < -0.4 is 5.32 Å². The van der Waals surface area contributed by atoms with E-state index in [0.717, 1.165) is 5.92 Å². The van der Waals surface area contributed by atoms with Crippen LogP contribution in [-0.4, -0.2) is 6.04 Å². The molecule has 0 aliphatic heterocycles. The van der Waals surface area contributed by atoms with Gasteiger partial charge in [0.2, 0.25) is 0 Å². The molecule has 0 saturated heterocycles. The van der Waals surface area contributed by atoms with E-state index >= 15 is 0 Å². The second-order valence-corrected chi connectivity index (χ2v) is 7.55. The van der Waals surface area contributed by atoms with Gasteiger partial charge in [-0.05, 0) is 54.2 Å². The van der Waals surface area contributed by atoms with Gasteiger partial charge in [-0.15, -0.1) is 0 Å². The van der Waals surface area contributed by atoms with Crippen LogP contribution >= 0.6 is 11.6 Å². The smallest absolute Gasteiger partial charge is 0.147 e. The summed E-state index contributed by atoms with van der Waals surface area (Å²) in [6.45, 7) is 6.97. The second kappa shape index (κ2) is 4.12. The summed E-state index contributed by atoms with van der Waals surface area (Å²) in [5.41, 5.74) is 1.09. The van der Waals surface area contributed by atoms with Gasteiger partial charge in [0.15, 0.2) is 0 Å². The Morgan fingerprint density at radius 2 is 2.05 bits per heavy atom. The summed E-state index contributed by atoms with van der Waals surface area (Å²) in [6.07, 6.45) is 3.81. The third-order valence-corrected chi connectivity index (χ3v) is 5.74. The van der Waals surface area contributed by atoms with Crippen molar-refractivity contribution >= 4 is 17.3 Å². The summed E-state index contributed by atoms with van der Waals surface area (Å²) in [5, 5.41) is 3.91. The van der Waals surface area contributed by atoms with E-state index < -0.39 is 0 Å². The van der Waals surface area contributed by atoms with E-state index in [1.165, 1.54) is 25.3 Å². The fourth-order valence-corrected chi connectivity index (χ4v) is 4.58.